The Labute approximate surface area is 222 Å². The van der Waals surface area contributed by atoms with E-state index in [0.29, 0.717) is 66.0 Å². The maximum atomic E-state index is 14.1. The normalized spacial score (nSPS) is 17.6. The summed E-state index contributed by atoms with van der Waals surface area (Å²) in [6, 6.07) is 16.0. The molecule has 8 nitrogen and oxygen atoms in total. The standard InChI is InChI=1S/C30H32N2O6/c1-5-37-25-15-18-13-14-32-28(22(18)17-26(25)38-6-2)27(20-9-7-8-10-21(20)30(32)34)29(33)31-23-12-11-19(35-3)16-24(23)36-4/h7-12,15-17,27-28H,5-6,13-14H2,1-4H3,(H,31,33). The van der Waals surface area contributed by atoms with Crippen LogP contribution in [0.4, 0.5) is 5.69 Å². The molecule has 8 heteroatoms. The molecule has 0 radical (unpaired) electrons. The highest BCUT2D eigenvalue weighted by Gasteiger charge is 2.46. The lowest BCUT2D eigenvalue weighted by Gasteiger charge is -2.45. The van der Waals surface area contributed by atoms with Gasteiger partial charge < -0.3 is 29.2 Å². The molecule has 3 aromatic rings. The fourth-order valence-corrected chi connectivity index (χ4v) is 5.47. The predicted octanol–water partition coefficient (Wildman–Crippen LogP) is 4.98. The van der Waals surface area contributed by atoms with Crippen LogP contribution < -0.4 is 24.3 Å². The maximum Gasteiger partial charge on any atom is 0.254 e. The molecule has 0 saturated carbocycles. The van der Waals surface area contributed by atoms with Crippen molar-refractivity contribution < 1.29 is 28.5 Å². The topological polar surface area (TPSA) is 86.3 Å². The first kappa shape index (κ1) is 25.4. The molecule has 3 aromatic carbocycles. The predicted molar refractivity (Wildman–Crippen MR) is 144 cm³/mol. The number of methoxy groups -OCH3 is 2. The van der Waals surface area contributed by atoms with E-state index in [2.05, 4.69) is 5.32 Å². The number of nitrogens with zero attached hydrogens (tertiary/aromatic N) is 1. The third kappa shape index (κ3) is 4.40. The third-order valence-corrected chi connectivity index (χ3v) is 7.13. The van der Waals surface area contributed by atoms with Gasteiger partial charge in [-0.15, -0.1) is 0 Å². The molecule has 0 aromatic heterocycles. The molecule has 2 aliphatic heterocycles. The van der Waals surface area contributed by atoms with Crippen molar-refractivity contribution in [3.8, 4) is 23.0 Å². The van der Waals surface area contributed by atoms with E-state index in [0.717, 1.165) is 11.1 Å². The average molecular weight is 517 g/mol. The monoisotopic (exact) mass is 516 g/mol. The lowest BCUT2D eigenvalue weighted by atomic mass is 9.75. The van der Waals surface area contributed by atoms with Crippen LogP contribution in [0.5, 0.6) is 23.0 Å². The van der Waals surface area contributed by atoms with Crippen molar-refractivity contribution in [2.75, 3.05) is 39.3 Å². The van der Waals surface area contributed by atoms with Gasteiger partial charge in [0.05, 0.1) is 45.1 Å². The minimum absolute atomic E-state index is 0.0748. The molecule has 0 saturated heterocycles. The van der Waals surface area contributed by atoms with E-state index in [1.165, 1.54) is 0 Å². The Morgan fingerprint density at radius 3 is 2.37 bits per heavy atom. The summed E-state index contributed by atoms with van der Waals surface area (Å²) >= 11 is 0. The van der Waals surface area contributed by atoms with Crippen LogP contribution in [0.1, 0.15) is 52.9 Å². The summed E-state index contributed by atoms with van der Waals surface area (Å²) in [6.07, 6.45) is 0.660. The molecule has 2 unspecified atom stereocenters. The van der Waals surface area contributed by atoms with Gasteiger partial charge >= 0.3 is 0 Å². The second kappa shape index (κ2) is 10.7. The molecular weight excluding hydrogens is 484 g/mol. The summed E-state index contributed by atoms with van der Waals surface area (Å²) in [7, 11) is 3.12. The lowest BCUT2D eigenvalue weighted by molar-refractivity contribution is -0.119. The number of fused-ring (bicyclic) bond motifs is 4. The molecule has 0 aliphatic carbocycles. The zero-order valence-electron chi connectivity index (χ0n) is 22.1. The third-order valence-electron chi connectivity index (χ3n) is 7.13. The van der Waals surface area contributed by atoms with Gasteiger partial charge in [-0.05, 0) is 67.3 Å². The Balaban J connectivity index is 1.63. The minimum atomic E-state index is -0.651. The minimum Gasteiger partial charge on any atom is -0.497 e. The molecule has 5 rings (SSSR count). The van der Waals surface area contributed by atoms with Crippen LogP contribution in [-0.2, 0) is 11.2 Å². The maximum absolute atomic E-state index is 14.1. The van der Waals surface area contributed by atoms with Gasteiger partial charge in [-0.2, -0.15) is 0 Å². The molecule has 0 bridgehead atoms. The molecule has 198 valence electrons. The number of rotatable bonds is 8. The summed E-state index contributed by atoms with van der Waals surface area (Å²) < 4.78 is 22.6. The van der Waals surface area contributed by atoms with Crippen molar-refractivity contribution in [3.05, 3.63) is 76.9 Å². The van der Waals surface area contributed by atoms with Crippen molar-refractivity contribution in [2.24, 2.45) is 0 Å². The van der Waals surface area contributed by atoms with Gasteiger partial charge in [-0.25, -0.2) is 0 Å². The van der Waals surface area contributed by atoms with Crippen LogP contribution in [0.25, 0.3) is 0 Å². The van der Waals surface area contributed by atoms with E-state index < -0.39 is 12.0 Å². The first-order valence-corrected chi connectivity index (χ1v) is 12.9. The van der Waals surface area contributed by atoms with Crippen molar-refractivity contribution in [2.45, 2.75) is 32.2 Å². The molecule has 38 heavy (non-hydrogen) atoms. The summed E-state index contributed by atoms with van der Waals surface area (Å²) in [4.78, 5) is 29.6. The van der Waals surface area contributed by atoms with E-state index in [9.17, 15) is 9.59 Å². The van der Waals surface area contributed by atoms with Crippen LogP contribution in [0.2, 0.25) is 0 Å². The van der Waals surface area contributed by atoms with Gasteiger partial charge in [0, 0.05) is 18.2 Å². The Morgan fingerprint density at radius 1 is 0.921 bits per heavy atom. The Hall–Kier alpha value is -4.20. The molecule has 0 spiro atoms. The number of carbonyl (C=O) groups is 2. The van der Waals surface area contributed by atoms with Crippen LogP contribution in [0.15, 0.2) is 54.6 Å². The van der Waals surface area contributed by atoms with Crippen molar-refractivity contribution in [3.63, 3.8) is 0 Å². The molecule has 2 atom stereocenters. The van der Waals surface area contributed by atoms with Crippen LogP contribution in [0, 0.1) is 0 Å². The number of ether oxygens (including phenoxy) is 4. The van der Waals surface area contributed by atoms with E-state index >= 15 is 0 Å². The van der Waals surface area contributed by atoms with Gasteiger partial charge in [-0.3, -0.25) is 9.59 Å². The summed E-state index contributed by atoms with van der Waals surface area (Å²) in [6.45, 7) is 5.33. The number of hydrogen-bond acceptors (Lipinski definition) is 6. The molecule has 2 aliphatic rings. The number of benzene rings is 3. The molecule has 1 N–H and O–H groups in total. The van der Waals surface area contributed by atoms with E-state index in [1.807, 2.05) is 49.1 Å². The van der Waals surface area contributed by atoms with Crippen molar-refractivity contribution in [1.29, 1.82) is 0 Å². The first-order valence-electron chi connectivity index (χ1n) is 12.9. The van der Waals surface area contributed by atoms with E-state index in [-0.39, 0.29) is 11.8 Å². The fraction of sp³-hybridized carbons (Fsp3) is 0.333. The van der Waals surface area contributed by atoms with Crippen molar-refractivity contribution in [1.82, 2.24) is 4.90 Å². The van der Waals surface area contributed by atoms with Gasteiger partial charge in [0.2, 0.25) is 5.91 Å². The Bertz CT molecular complexity index is 1370. The quantitative estimate of drug-likeness (QED) is 0.455. The highest BCUT2D eigenvalue weighted by atomic mass is 16.5. The number of anilines is 1. The van der Waals surface area contributed by atoms with Gasteiger partial charge in [-0.1, -0.05) is 18.2 Å². The Kier molecular flexibility index (Phi) is 7.13. The average Bonchev–Trinajstić information content (AvgIpc) is 2.94. The first-order chi connectivity index (χ1) is 18.5. The van der Waals surface area contributed by atoms with Crippen LogP contribution >= 0.6 is 0 Å². The molecule has 2 heterocycles. The highest BCUT2D eigenvalue weighted by molar-refractivity contribution is 6.05. The zero-order valence-corrected chi connectivity index (χ0v) is 22.1. The fourth-order valence-electron chi connectivity index (χ4n) is 5.47. The number of carbonyl (C=O) groups excluding carboxylic acids is 2. The van der Waals surface area contributed by atoms with Crippen LogP contribution in [0.3, 0.4) is 0 Å². The number of hydrogen-bond donors (Lipinski definition) is 1. The SMILES string of the molecule is CCOc1cc2c(cc1OCC)C1C(C(=O)Nc3ccc(OC)cc3OC)c3ccccc3C(=O)N1CC2. The largest absolute Gasteiger partial charge is 0.497 e. The number of amides is 2. The van der Waals surface area contributed by atoms with Gasteiger partial charge in [0.25, 0.3) is 5.91 Å². The van der Waals surface area contributed by atoms with Crippen molar-refractivity contribution >= 4 is 17.5 Å². The molecular formula is C30H32N2O6. The lowest BCUT2D eigenvalue weighted by Crippen LogP contribution is -2.49. The zero-order chi connectivity index (χ0) is 26.8. The highest BCUT2D eigenvalue weighted by Crippen LogP contribution is 2.49. The molecule has 0 fully saturated rings. The van der Waals surface area contributed by atoms with Gasteiger partial charge in [0.15, 0.2) is 11.5 Å². The van der Waals surface area contributed by atoms with Crippen LogP contribution in [-0.4, -0.2) is 50.7 Å². The second-order valence-electron chi connectivity index (χ2n) is 9.18. The summed E-state index contributed by atoms with van der Waals surface area (Å²) in [5.41, 5.74) is 3.71. The van der Waals surface area contributed by atoms with Gasteiger partial charge in [0.1, 0.15) is 11.5 Å². The van der Waals surface area contributed by atoms with E-state index in [1.54, 1.807) is 38.5 Å². The molecule has 2 amide bonds. The number of nitrogens with one attached hydrogen (secondary N) is 1. The Morgan fingerprint density at radius 2 is 1.66 bits per heavy atom. The van der Waals surface area contributed by atoms with E-state index in [4.69, 9.17) is 18.9 Å². The smallest absolute Gasteiger partial charge is 0.254 e. The summed E-state index contributed by atoms with van der Waals surface area (Å²) in [5, 5.41) is 3.06. The summed E-state index contributed by atoms with van der Waals surface area (Å²) in [5.74, 6) is 1.43. The second-order valence-corrected chi connectivity index (χ2v) is 9.18.